The molecule has 0 aliphatic heterocycles. The average molecular weight is 368 g/mol. The van der Waals surface area contributed by atoms with Crippen molar-refractivity contribution >= 4 is 29.2 Å². The second-order valence-corrected chi connectivity index (χ2v) is 5.25. The molecule has 2 aromatic rings. The smallest absolute Gasteiger partial charge is 0.342 e. The summed E-state index contributed by atoms with van der Waals surface area (Å²) in [6.07, 6.45) is 0. The van der Waals surface area contributed by atoms with Crippen molar-refractivity contribution in [2.45, 2.75) is 0 Å². The maximum atomic E-state index is 13.6. The lowest BCUT2D eigenvalue weighted by Gasteiger charge is -2.11. The summed E-state index contributed by atoms with van der Waals surface area (Å²) in [5.41, 5.74) is -0.00361. The summed E-state index contributed by atoms with van der Waals surface area (Å²) in [7, 11) is 2.84. The van der Waals surface area contributed by atoms with Crippen LogP contribution in [0, 0.1) is 5.82 Å². The van der Waals surface area contributed by atoms with Gasteiger partial charge in [-0.3, -0.25) is 4.79 Å². The van der Waals surface area contributed by atoms with Crippen LogP contribution < -0.4 is 14.8 Å². The van der Waals surface area contributed by atoms with Crippen molar-refractivity contribution in [1.82, 2.24) is 0 Å². The van der Waals surface area contributed by atoms with E-state index in [1.165, 1.54) is 38.5 Å². The molecule has 2 aromatic carbocycles. The first-order valence-electron chi connectivity index (χ1n) is 7.08. The molecule has 132 valence electrons. The Morgan fingerprint density at radius 2 is 1.88 bits per heavy atom. The van der Waals surface area contributed by atoms with Gasteiger partial charge in [-0.15, -0.1) is 0 Å². The van der Waals surface area contributed by atoms with Gasteiger partial charge < -0.3 is 19.5 Å². The predicted molar refractivity (Wildman–Crippen MR) is 89.9 cm³/mol. The molecule has 0 heterocycles. The molecule has 0 bridgehead atoms. The number of ether oxygens (including phenoxy) is 3. The summed E-state index contributed by atoms with van der Waals surface area (Å²) in [6, 6.07) is 8.30. The summed E-state index contributed by atoms with van der Waals surface area (Å²) < 4.78 is 28.6. The van der Waals surface area contributed by atoms with E-state index in [0.717, 1.165) is 6.07 Å². The number of rotatable bonds is 6. The number of carbonyl (C=O) groups is 2. The Kier molecular flexibility index (Phi) is 6.19. The molecule has 25 heavy (non-hydrogen) atoms. The van der Waals surface area contributed by atoms with Crippen molar-refractivity contribution in [3.8, 4) is 11.5 Å². The number of hydrogen-bond donors (Lipinski definition) is 1. The van der Waals surface area contributed by atoms with Gasteiger partial charge in [-0.2, -0.15) is 0 Å². The molecular weight excluding hydrogens is 353 g/mol. The third kappa shape index (κ3) is 4.84. The minimum atomic E-state index is -0.780. The zero-order valence-corrected chi connectivity index (χ0v) is 14.2. The number of amides is 1. The highest BCUT2D eigenvalue weighted by atomic mass is 35.5. The van der Waals surface area contributed by atoms with Crippen LogP contribution in [0.5, 0.6) is 11.5 Å². The van der Waals surface area contributed by atoms with E-state index in [4.69, 9.17) is 25.8 Å². The summed E-state index contributed by atoms with van der Waals surface area (Å²) >= 11 is 5.74. The van der Waals surface area contributed by atoms with E-state index < -0.39 is 24.3 Å². The lowest BCUT2D eigenvalue weighted by Crippen LogP contribution is -2.21. The summed E-state index contributed by atoms with van der Waals surface area (Å²) in [4.78, 5) is 24.0. The fraction of sp³-hybridized carbons (Fsp3) is 0.176. The molecule has 2 rings (SSSR count). The summed E-state index contributed by atoms with van der Waals surface area (Å²) in [6.45, 7) is -0.606. The zero-order valence-electron chi connectivity index (χ0n) is 13.5. The lowest BCUT2D eigenvalue weighted by atomic mass is 10.2. The second kappa shape index (κ2) is 8.34. The molecular formula is C17H15ClFNO5. The molecule has 0 saturated heterocycles. The van der Waals surface area contributed by atoms with Crippen molar-refractivity contribution in [1.29, 1.82) is 0 Å². The number of esters is 1. The summed E-state index contributed by atoms with van der Waals surface area (Å²) in [5.74, 6) is -1.45. The molecule has 0 radical (unpaired) electrons. The van der Waals surface area contributed by atoms with Crippen LogP contribution in [-0.2, 0) is 9.53 Å². The van der Waals surface area contributed by atoms with E-state index in [0.29, 0.717) is 5.75 Å². The number of carbonyl (C=O) groups excluding carboxylic acids is 2. The molecule has 0 fully saturated rings. The fourth-order valence-electron chi connectivity index (χ4n) is 1.96. The molecule has 6 nitrogen and oxygen atoms in total. The molecule has 1 amide bonds. The fourth-order valence-corrected chi connectivity index (χ4v) is 2.13. The Balaban J connectivity index is 2.02. The number of methoxy groups -OCH3 is 2. The van der Waals surface area contributed by atoms with E-state index in [9.17, 15) is 14.0 Å². The van der Waals surface area contributed by atoms with Gasteiger partial charge in [0.15, 0.2) is 6.61 Å². The van der Waals surface area contributed by atoms with Crippen LogP contribution in [0.4, 0.5) is 10.1 Å². The van der Waals surface area contributed by atoms with Gasteiger partial charge in [-0.25, -0.2) is 9.18 Å². The van der Waals surface area contributed by atoms with E-state index in [1.54, 1.807) is 6.07 Å². The normalized spacial score (nSPS) is 10.1. The SMILES string of the molecule is COc1ccc(OC)c(C(=O)OCC(=O)Nc2cc(Cl)ccc2F)c1. The Bertz CT molecular complexity index is 797. The van der Waals surface area contributed by atoms with Gasteiger partial charge in [0.25, 0.3) is 5.91 Å². The molecule has 0 aliphatic carbocycles. The first-order chi connectivity index (χ1) is 11.9. The number of benzene rings is 2. The molecule has 8 heteroatoms. The van der Waals surface area contributed by atoms with Crippen molar-refractivity contribution in [3.63, 3.8) is 0 Å². The number of nitrogens with one attached hydrogen (secondary N) is 1. The molecule has 0 unspecified atom stereocenters. The number of hydrogen-bond acceptors (Lipinski definition) is 5. The zero-order chi connectivity index (χ0) is 18.4. The number of halogens is 2. The molecule has 0 aromatic heterocycles. The van der Waals surface area contributed by atoms with Crippen LogP contribution in [0.25, 0.3) is 0 Å². The maximum Gasteiger partial charge on any atom is 0.342 e. The first kappa shape index (κ1) is 18.5. The van der Waals surface area contributed by atoms with Crippen molar-refractivity contribution in [2.24, 2.45) is 0 Å². The monoisotopic (exact) mass is 367 g/mol. The van der Waals surface area contributed by atoms with E-state index >= 15 is 0 Å². The molecule has 0 atom stereocenters. The van der Waals surface area contributed by atoms with E-state index in [1.807, 2.05) is 0 Å². The third-order valence-corrected chi connectivity index (χ3v) is 3.40. The standard InChI is InChI=1S/C17H15ClFNO5/c1-23-11-4-6-15(24-2)12(8-11)17(22)25-9-16(21)20-14-7-10(18)3-5-13(14)19/h3-8H,9H2,1-2H3,(H,20,21). The van der Waals surface area contributed by atoms with Crippen LogP contribution in [0.1, 0.15) is 10.4 Å². The second-order valence-electron chi connectivity index (χ2n) is 4.81. The third-order valence-electron chi connectivity index (χ3n) is 3.16. The minimum absolute atomic E-state index is 0.101. The average Bonchev–Trinajstić information content (AvgIpc) is 2.62. The Hall–Kier alpha value is -2.80. The van der Waals surface area contributed by atoms with Gasteiger partial charge in [0.1, 0.15) is 22.9 Å². The topological polar surface area (TPSA) is 73.9 Å². The van der Waals surface area contributed by atoms with E-state index in [-0.39, 0.29) is 22.0 Å². The van der Waals surface area contributed by atoms with Gasteiger partial charge in [0.05, 0.1) is 19.9 Å². The Morgan fingerprint density at radius 3 is 2.56 bits per heavy atom. The highest BCUT2D eigenvalue weighted by Crippen LogP contribution is 2.24. The Morgan fingerprint density at radius 1 is 1.12 bits per heavy atom. The van der Waals surface area contributed by atoms with Crippen LogP contribution in [0.15, 0.2) is 36.4 Å². The predicted octanol–water partition coefficient (Wildman–Crippen LogP) is 3.29. The van der Waals surface area contributed by atoms with Gasteiger partial charge >= 0.3 is 5.97 Å². The minimum Gasteiger partial charge on any atom is -0.497 e. The highest BCUT2D eigenvalue weighted by molar-refractivity contribution is 6.30. The molecule has 1 N–H and O–H groups in total. The van der Waals surface area contributed by atoms with Crippen molar-refractivity contribution in [2.75, 3.05) is 26.1 Å². The van der Waals surface area contributed by atoms with Gasteiger partial charge in [-0.05, 0) is 36.4 Å². The largest absolute Gasteiger partial charge is 0.497 e. The van der Waals surface area contributed by atoms with Gasteiger partial charge in [0, 0.05) is 5.02 Å². The maximum absolute atomic E-state index is 13.6. The lowest BCUT2D eigenvalue weighted by molar-refractivity contribution is -0.119. The Labute approximate surface area is 148 Å². The molecule has 0 saturated carbocycles. The molecule has 0 spiro atoms. The van der Waals surface area contributed by atoms with Crippen molar-refractivity contribution in [3.05, 3.63) is 52.8 Å². The summed E-state index contributed by atoms with van der Waals surface area (Å²) in [5, 5.41) is 2.54. The van der Waals surface area contributed by atoms with Gasteiger partial charge in [-0.1, -0.05) is 11.6 Å². The first-order valence-corrected chi connectivity index (χ1v) is 7.46. The van der Waals surface area contributed by atoms with Crippen LogP contribution in [0.2, 0.25) is 5.02 Å². The molecule has 0 aliphatic rings. The highest BCUT2D eigenvalue weighted by Gasteiger charge is 2.17. The van der Waals surface area contributed by atoms with Crippen LogP contribution in [-0.4, -0.2) is 32.7 Å². The van der Waals surface area contributed by atoms with Gasteiger partial charge in [0.2, 0.25) is 0 Å². The number of anilines is 1. The van der Waals surface area contributed by atoms with Crippen molar-refractivity contribution < 1.29 is 28.2 Å². The van der Waals surface area contributed by atoms with Crippen LogP contribution in [0.3, 0.4) is 0 Å². The van der Waals surface area contributed by atoms with Crippen LogP contribution >= 0.6 is 11.6 Å². The van der Waals surface area contributed by atoms with E-state index in [2.05, 4.69) is 5.32 Å². The quantitative estimate of drug-likeness (QED) is 0.793.